The average molecular weight is 337 g/mol. The number of benzene rings is 3. The zero-order valence-corrected chi connectivity index (χ0v) is 14.6. The minimum absolute atomic E-state index is 0.123. The highest BCUT2D eigenvalue weighted by molar-refractivity contribution is 5.99. The number of ketones is 1. The van der Waals surface area contributed by atoms with Gasteiger partial charge in [0.05, 0.1) is 5.69 Å². The first kappa shape index (κ1) is 16.2. The number of carbonyl (C=O) groups is 1. The van der Waals surface area contributed by atoms with Crippen molar-refractivity contribution in [2.75, 3.05) is 0 Å². The summed E-state index contributed by atoms with van der Waals surface area (Å²) in [6.07, 6.45) is 2.15. The molecule has 1 aromatic heterocycles. The summed E-state index contributed by atoms with van der Waals surface area (Å²) >= 11 is 0. The zero-order valence-electron chi connectivity index (χ0n) is 14.6. The zero-order chi connectivity index (χ0) is 17.9. The molecule has 1 heterocycles. The van der Waals surface area contributed by atoms with Gasteiger partial charge in [-0.25, -0.2) is 0 Å². The molecule has 4 aromatic rings. The van der Waals surface area contributed by atoms with Gasteiger partial charge in [0.1, 0.15) is 0 Å². The van der Waals surface area contributed by atoms with E-state index in [1.165, 1.54) is 0 Å². The fourth-order valence-electron chi connectivity index (χ4n) is 3.21. The molecule has 0 spiro atoms. The number of hydrogen-bond acceptors (Lipinski definition) is 2. The van der Waals surface area contributed by atoms with Gasteiger partial charge in [0.25, 0.3) is 0 Å². The second-order valence-electron chi connectivity index (χ2n) is 6.54. The van der Waals surface area contributed by atoms with Gasteiger partial charge in [0.2, 0.25) is 0 Å². The van der Waals surface area contributed by atoms with Crippen LogP contribution in [0.4, 0.5) is 0 Å². The number of nitrogens with zero attached hydrogens (tertiary/aromatic N) is 1. The number of fused-ring (bicyclic) bond motifs is 1. The molecule has 0 unspecified atom stereocenters. The Morgan fingerprint density at radius 1 is 0.846 bits per heavy atom. The van der Waals surface area contributed by atoms with Crippen molar-refractivity contribution in [1.82, 2.24) is 4.98 Å². The van der Waals surface area contributed by atoms with E-state index in [1.54, 1.807) is 6.20 Å². The van der Waals surface area contributed by atoms with E-state index in [1.807, 2.05) is 61.5 Å². The van der Waals surface area contributed by atoms with E-state index in [4.69, 9.17) is 0 Å². The van der Waals surface area contributed by atoms with Crippen LogP contribution < -0.4 is 0 Å². The molecule has 0 bridgehead atoms. The third-order valence-electron chi connectivity index (χ3n) is 4.64. The Labute approximate surface area is 153 Å². The van der Waals surface area contributed by atoms with Crippen LogP contribution >= 0.6 is 0 Å². The Morgan fingerprint density at radius 3 is 2.23 bits per heavy atom. The topological polar surface area (TPSA) is 30.0 Å². The normalized spacial score (nSPS) is 10.8. The molecule has 26 heavy (non-hydrogen) atoms. The molecule has 2 heteroatoms. The van der Waals surface area contributed by atoms with Crippen molar-refractivity contribution < 1.29 is 4.79 Å². The van der Waals surface area contributed by atoms with Gasteiger partial charge < -0.3 is 0 Å². The number of aryl methyl sites for hydroxylation is 1. The van der Waals surface area contributed by atoms with E-state index >= 15 is 0 Å². The lowest BCUT2D eigenvalue weighted by Gasteiger charge is -2.11. The summed E-state index contributed by atoms with van der Waals surface area (Å²) < 4.78 is 0. The molecule has 0 aliphatic rings. The predicted octanol–water partition coefficient (Wildman–Crippen LogP) is 5.64. The van der Waals surface area contributed by atoms with Crippen LogP contribution in [0.2, 0.25) is 0 Å². The maximum atomic E-state index is 12.8. The first-order valence-electron chi connectivity index (χ1n) is 8.74. The SMILES string of the molecule is Cc1ccc(C(=O)Cc2cc3ccccc3cc2-c2ccccn2)cc1. The molecular weight excluding hydrogens is 318 g/mol. The van der Waals surface area contributed by atoms with Gasteiger partial charge in [-0.3, -0.25) is 9.78 Å². The van der Waals surface area contributed by atoms with E-state index in [0.29, 0.717) is 6.42 Å². The van der Waals surface area contributed by atoms with Crippen molar-refractivity contribution in [3.8, 4) is 11.3 Å². The number of rotatable bonds is 4. The lowest BCUT2D eigenvalue weighted by atomic mass is 9.93. The largest absolute Gasteiger partial charge is 0.294 e. The molecule has 0 saturated carbocycles. The van der Waals surface area contributed by atoms with Crippen LogP contribution in [-0.4, -0.2) is 10.8 Å². The smallest absolute Gasteiger partial charge is 0.167 e. The van der Waals surface area contributed by atoms with E-state index in [-0.39, 0.29) is 5.78 Å². The predicted molar refractivity (Wildman–Crippen MR) is 106 cm³/mol. The van der Waals surface area contributed by atoms with Crippen LogP contribution in [0, 0.1) is 6.92 Å². The number of aromatic nitrogens is 1. The Hall–Kier alpha value is -3.26. The van der Waals surface area contributed by atoms with Gasteiger partial charge in [-0.05, 0) is 41.5 Å². The van der Waals surface area contributed by atoms with Crippen LogP contribution in [0.5, 0.6) is 0 Å². The lowest BCUT2D eigenvalue weighted by molar-refractivity contribution is 0.0993. The van der Waals surface area contributed by atoms with Crippen molar-refractivity contribution in [3.63, 3.8) is 0 Å². The molecule has 0 fully saturated rings. The lowest BCUT2D eigenvalue weighted by Crippen LogP contribution is -2.05. The van der Waals surface area contributed by atoms with Gasteiger partial charge in [-0.15, -0.1) is 0 Å². The van der Waals surface area contributed by atoms with Gasteiger partial charge in [-0.1, -0.05) is 66.2 Å². The van der Waals surface area contributed by atoms with Gasteiger partial charge in [0, 0.05) is 23.7 Å². The summed E-state index contributed by atoms with van der Waals surface area (Å²) in [7, 11) is 0. The molecule has 0 aliphatic carbocycles. The van der Waals surface area contributed by atoms with E-state index < -0.39 is 0 Å². The third-order valence-corrected chi connectivity index (χ3v) is 4.64. The molecule has 0 N–H and O–H groups in total. The van der Waals surface area contributed by atoms with E-state index in [2.05, 4.69) is 29.2 Å². The second kappa shape index (κ2) is 6.93. The number of pyridine rings is 1. The Balaban J connectivity index is 1.79. The highest BCUT2D eigenvalue weighted by atomic mass is 16.1. The van der Waals surface area contributed by atoms with Crippen LogP contribution in [-0.2, 0) is 6.42 Å². The summed E-state index contributed by atoms with van der Waals surface area (Å²) in [5, 5.41) is 2.29. The molecule has 126 valence electrons. The molecule has 0 amide bonds. The van der Waals surface area contributed by atoms with Gasteiger partial charge >= 0.3 is 0 Å². The highest BCUT2D eigenvalue weighted by Crippen LogP contribution is 2.28. The molecule has 0 atom stereocenters. The first-order chi connectivity index (χ1) is 12.7. The van der Waals surface area contributed by atoms with E-state index in [0.717, 1.165) is 38.7 Å². The van der Waals surface area contributed by atoms with Crippen molar-refractivity contribution in [1.29, 1.82) is 0 Å². The fraction of sp³-hybridized carbons (Fsp3) is 0.0833. The summed E-state index contributed by atoms with van der Waals surface area (Å²) in [6.45, 7) is 2.02. The number of carbonyl (C=O) groups excluding carboxylic acids is 1. The van der Waals surface area contributed by atoms with Gasteiger partial charge in [0.15, 0.2) is 5.78 Å². The van der Waals surface area contributed by atoms with Crippen LogP contribution in [0.25, 0.3) is 22.0 Å². The second-order valence-corrected chi connectivity index (χ2v) is 6.54. The first-order valence-corrected chi connectivity index (χ1v) is 8.74. The summed E-state index contributed by atoms with van der Waals surface area (Å²) in [5.74, 6) is 0.123. The maximum Gasteiger partial charge on any atom is 0.167 e. The van der Waals surface area contributed by atoms with Crippen molar-refractivity contribution in [3.05, 3.63) is 102 Å². The number of hydrogen-bond donors (Lipinski definition) is 0. The highest BCUT2D eigenvalue weighted by Gasteiger charge is 2.13. The van der Waals surface area contributed by atoms with Crippen molar-refractivity contribution in [2.45, 2.75) is 13.3 Å². The van der Waals surface area contributed by atoms with Crippen LogP contribution in [0.15, 0.2) is 85.1 Å². The maximum absolute atomic E-state index is 12.8. The van der Waals surface area contributed by atoms with Crippen LogP contribution in [0.3, 0.4) is 0 Å². The van der Waals surface area contributed by atoms with E-state index in [9.17, 15) is 4.79 Å². The fourth-order valence-corrected chi connectivity index (χ4v) is 3.21. The molecule has 2 nitrogen and oxygen atoms in total. The standard InChI is InChI=1S/C24H19NO/c1-17-9-11-18(12-10-17)24(26)16-21-14-19-6-2-3-7-20(19)15-22(21)23-8-4-5-13-25-23/h2-15H,16H2,1H3. The third kappa shape index (κ3) is 3.27. The van der Waals surface area contributed by atoms with Gasteiger partial charge in [-0.2, -0.15) is 0 Å². The minimum atomic E-state index is 0.123. The van der Waals surface area contributed by atoms with Crippen molar-refractivity contribution in [2.24, 2.45) is 0 Å². The molecule has 0 aliphatic heterocycles. The molecule has 3 aromatic carbocycles. The number of Topliss-reactive ketones (excluding diaryl/α,β-unsaturated/α-hetero) is 1. The van der Waals surface area contributed by atoms with Crippen LogP contribution in [0.1, 0.15) is 21.5 Å². The molecule has 0 saturated heterocycles. The Morgan fingerprint density at radius 2 is 1.54 bits per heavy atom. The summed E-state index contributed by atoms with van der Waals surface area (Å²) in [6, 6.07) is 26.1. The Kier molecular flexibility index (Phi) is 4.32. The summed E-state index contributed by atoms with van der Waals surface area (Å²) in [4.78, 5) is 17.3. The minimum Gasteiger partial charge on any atom is -0.294 e. The van der Waals surface area contributed by atoms with Crippen molar-refractivity contribution >= 4 is 16.6 Å². The molecule has 4 rings (SSSR count). The average Bonchev–Trinajstić information content (AvgIpc) is 2.68. The molecule has 0 radical (unpaired) electrons. The Bertz CT molecular complexity index is 1070. The molecular formula is C24H19NO. The summed E-state index contributed by atoms with van der Waals surface area (Å²) in [5.41, 5.74) is 4.82. The monoisotopic (exact) mass is 337 g/mol. The quantitative estimate of drug-likeness (QED) is 0.451.